The van der Waals surface area contributed by atoms with Crippen LogP contribution < -0.4 is 0 Å². The number of allylic oxidation sites excluding steroid dienone is 3. The van der Waals surface area contributed by atoms with E-state index in [1.54, 1.807) is 41.8 Å². The minimum Gasteiger partial charge on any atom is -0.389 e. The molecule has 4 heterocycles. The molecule has 0 spiro atoms. The van der Waals surface area contributed by atoms with E-state index in [-0.39, 0.29) is 11.4 Å². The lowest BCUT2D eigenvalue weighted by Crippen LogP contribution is -2.52. The van der Waals surface area contributed by atoms with Gasteiger partial charge in [0.15, 0.2) is 11.4 Å². The Labute approximate surface area is 201 Å². The van der Waals surface area contributed by atoms with Gasteiger partial charge in [0.2, 0.25) is 0 Å². The maximum Gasteiger partial charge on any atom is 0.737 e. The van der Waals surface area contributed by atoms with Gasteiger partial charge in [-0.15, -0.1) is 11.3 Å². The summed E-state index contributed by atoms with van der Waals surface area (Å²) < 4.78 is 76.2. The fraction of sp³-hybridized carbons (Fsp3) is 0.0385. The lowest BCUT2D eigenvalue weighted by Gasteiger charge is -2.33. The third-order valence-corrected chi connectivity index (χ3v) is 7.21. The van der Waals surface area contributed by atoms with E-state index in [1.165, 1.54) is 23.5 Å². The Morgan fingerprint density at radius 3 is 2.03 bits per heavy atom. The van der Waals surface area contributed by atoms with Gasteiger partial charge in [0, 0.05) is 34.0 Å². The van der Waals surface area contributed by atoms with Gasteiger partial charge in [-0.05, 0) is 46.8 Å². The van der Waals surface area contributed by atoms with Crippen molar-refractivity contribution in [3.8, 4) is 21.7 Å². The fourth-order valence-electron chi connectivity index (χ4n) is 4.84. The van der Waals surface area contributed by atoms with Gasteiger partial charge in [0.25, 0.3) is 0 Å². The Hall–Kier alpha value is -3.72. The van der Waals surface area contributed by atoms with Crippen molar-refractivity contribution in [1.29, 1.82) is 0 Å². The first-order valence-electron chi connectivity index (χ1n) is 10.9. The second kappa shape index (κ2) is 7.65. The molecule has 0 radical (unpaired) electrons. The van der Waals surface area contributed by atoms with Crippen LogP contribution in [0.2, 0.25) is 0 Å². The van der Waals surface area contributed by atoms with Crippen molar-refractivity contribution in [1.82, 2.24) is 4.48 Å². The van der Waals surface area contributed by atoms with Crippen LogP contribution in [0, 0.1) is 0 Å². The lowest BCUT2D eigenvalue weighted by atomic mass is 9.87. The van der Waals surface area contributed by atoms with Gasteiger partial charge in [0.1, 0.15) is 5.57 Å². The highest BCUT2D eigenvalue weighted by Gasteiger charge is 2.58. The zero-order valence-electron chi connectivity index (χ0n) is 18.0. The fourth-order valence-corrected chi connectivity index (χ4v) is 5.58. The van der Waals surface area contributed by atoms with E-state index >= 15 is 8.63 Å². The van der Waals surface area contributed by atoms with Gasteiger partial charge in [-0.2, -0.15) is 13.2 Å². The predicted octanol–water partition coefficient (Wildman–Crippen LogP) is 7.46. The van der Waals surface area contributed by atoms with Crippen molar-refractivity contribution in [2.45, 2.75) is 6.18 Å². The van der Waals surface area contributed by atoms with Crippen molar-refractivity contribution in [3.63, 3.8) is 0 Å². The van der Waals surface area contributed by atoms with Crippen LogP contribution in [0.3, 0.4) is 0 Å². The number of benzene rings is 2. The number of rotatable bonds is 3. The van der Waals surface area contributed by atoms with Gasteiger partial charge < -0.3 is 17.6 Å². The molecule has 0 atom stereocenters. The molecule has 174 valence electrons. The average molecular weight is 494 g/mol. The van der Waals surface area contributed by atoms with Crippen LogP contribution >= 0.6 is 11.3 Å². The molecular weight excluding hydrogens is 478 g/mol. The summed E-state index contributed by atoms with van der Waals surface area (Å²) in [5, 5.41) is 1.71. The number of alkyl halides is 3. The molecule has 2 aromatic heterocycles. The Balaban J connectivity index is 1.57. The summed E-state index contributed by atoms with van der Waals surface area (Å²) in [5.74, 6) is 0. The Kier molecular flexibility index (Phi) is 4.76. The highest BCUT2D eigenvalue weighted by molar-refractivity contribution is 7.13. The molecule has 2 nitrogen and oxygen atoms in total. The first-order valence-corrected chi connectivity index (χ1v) is 11.7. The summed E-state index contributed by atoms with van der Waals surface area (Å²) in [6, 6.07) is 22.2. The molecule has 0 unspecified atom stereocenters. The highest BCUT2D eigenvalue weighted by atomic mass is 32.1. The Morgan fingerprint density at radius 1 is 0.714 bits per heavy atom. The van der Waals surface area contributed by atoms with Crippen molar-refractivity contribution in [2.24, 2.45) is 0 Å². The van der Waals surface area contributed by atoms with Gasteiger partial charge in [-0.25, -0.2) is 0 Å². The van der Waals surface area contributed by atoms with Crippen molar-refractivity contribution < 1.29 is 26.3 Å². The van der Waals surface area contributed by atoms with Crippen molar-refractivity contribution in [3.05, 3.63) is 113 Å². The number of thiophene rings is 1. The predicted molar refractivity (Wildman–Crippen MR) is 129 cm³/mol. The smallest absolute Gasteiger partial charge is 0.389 e. The van der Waals surface area contributed by atoms with E-state index in [1.807, 2.05) is 30.3 Å². The maximum atomic E-state index is 16.2. The minimum absolute atomic E-state index is 0.0304. The second-order valence-electron chi connectivity index (χ2n) is 8.33. The summed E-state index contributed by atoms with van der Waals surface area (Å²) in [6.45, 7) is -4.61. The zero-order chi connectivity index (χ0) is 24.4. The molecule has 9 heteroatoms. The molecular formula is C26H16BF5N2S. The van der Waals surface area contributed by atoms with Crippen molar-refractivity contribution >= 4 is 29.6 Å². The summed E-state index contributed by atoms with van der Waals surface area (Å²) in [5.41, 5.74) is 0.209. The lowest BCUT2D eigenvalue weighted by molar-refractivity contribution is -0.362. The van der Waals surface area contributed by atoms with Gasteiger partial charge in [-0.1, -0.05) is 48.5 Å². The van der Waals surface area contributed by atoms with Crippen LogP contribution in [0.25, 0.3) is 27.3 Å². The quantitative estimate of drug-likeness (QED) is 0.206. The first-order chi connectivity index (χ1) is 16.8. The van der Waals surface area contributed by atoms with E-state index in [2.05, 4.69) is 0 Å². The highest BCUT2D eigenvalue weighted by Crippen LogP contribution is 2.47. The number of nitrogens with zero attached hydrogens (tertiary/aromatic N) is 2. The van der Waals surface area contributed by atoms with Crippen LogP contribution in [0.4, 0.5) is 21.8 Å². The monoisotopic (exact) mass is 494 g/mol. The SMILES string of the molecule is F[B-]1(F)n2c(ccc2-c2cccs2)C(C(F)(F)F)=C2C=CC(c3ccc(-c4ccccc4)cc3)=[N+]21. The second-order valence-corrected chi connectivity index (χ2v) is 9.28. The number of fused-ring (bicyclic) bond motifs is 2. The van der Waals surface area contributed by atoms with Gasteiger partial charge in [-0.3, -0.25) is 0 Å². The Bertz CT molecular complexity index is 1530. The number of halogens is 5. The van der Waals surface area contributed by atoms with E-state index in [4.69, 9.17) is 0 Å². The van der Waals surface area contributed by atoms with Crippen LogP contribution in [0.5, 0.6) is 0 Å². The molecule has 2 aliphatic heterocycles. The minimum atomic E-state index is -4.82. The van der Waals surface area contributed by atoms with Crippen LogP contribution in [0.15, 0.2) is 102 Å². The molecule has 0 saturated heterocycles. The van der Waals surface area contributed by atoms with Crippen LogP contribution in [-0.2, 0) is 0 Å². The largest absolute Gasteiger partial charge is 0.737 e. The van der Waals surface area contributed by atoms with Crippen molar-refractivity contribution in [2.75, 3.05) is 0 Å². The van der Waals surface area contributed by atoms with E-state index in [9.17, 15) is 13.2 Å². The molecule has 0 aliphatic carbocycles. The average Bonchev–Trinajstić information content (AvgIpc) is 3.59. The standard InChI is InChI=1S/C26H16BF5N2S/c28-26(29,30)25-22-14-12-20(19-10-8-18(9-11-19)17-5-2-1-3-6-17)33(22)27(31,32)34-21(13-15-23(25)34)24-7-4-16-35-24/h1-16H. The molecule has 0 N–H and O–H groups in total. The van der Waals surface area contributed by atoms with Crippen LogP contribution in [-0.4, -0.2) is 27.8 Å². The van der Waals surface area contributed by atoms with E-state index < -0.39 is 30.1 Å². The molecule has 6 rings (SSSR count). The molecule has 2 aromatic carbocycles. The number of aromatic nitrogens is 1. The molecule has 4 aromatic rings. The molecule has 35 heavy (non-hydrogen) atoms. The molecule has 0 bridgehead atoms. The Morgan fingerprint density at radius 2 is 1.37 bits per heavy atom. The zero-order valence-corrected chi connectivity index (χ0v) is 18.8. The van der Waals surface area contributed by atoms with E-state index in [0.717, 1.165) is 23.3 Å². The molecule has 0 amide bonds. The topological polar surface area (TPSA) is 7.94 Å². The first kappa shape index (κ1) is 21.8. The third kappa shape index (κ3) is 3.33. The normalized spacial score (nSPS) is 16.6. The molecule has 2 aliphatic rings. The van der Waals surface area contributed by atoms with E-state index in [0.29, 0.717) is 19.4 Å². The van der Waals surface area contributed by atoms with Gasteiger partial charge in [0.05, 0.1) is 0 Å². The maximum absolute atomic E-state index is 16.2. The number of hydrogen-bond donors (Lipinski definition) is 0. The summed E-state index contributed by atoms with van der Waals surface area (Å²) in [4.78, 5) is 0.476. The summed E-state index contributed by atoms with van der Waals surface area (Å²) >= 11 is 1.20. The number of hydrogen-bond acceptors (Lipinski definition) is 1. The molecule has 0 fully saturated rings. The summed E-state index contributed by atoms with van der Waals surface area (Å²) in [7, 11) is 0. The molecule has 0 saturated carbocycles. The van der Waals surface area contributed by atoms with Crippen LogP contribution in [0.1, 0.15) is 11.3 Å². The van der Waals surface area contributed by atoms with Gasteiger partial charge >= 0.3 is 13.1 Å². The third-order valence-electron chi connectivity index (χ3n) is 6.31. The summed E-state index contributed by atoms with van der Waals surface area (Å²) in [6.07, 6.45) is -2.34.